The Kier molecular flexibility index (Phi) is 19.2. The van der Waals surface area contributed by atoms with Gasteiger partial charge in [0.2, 0.25) is 0 Å². The smallest absolute Gasteiger partial charge is 0.153 e. The number of benzene rings is 1. The number of allylic oxidation sites excluding steroid dienone is 1. The first-order chi connectivity index (χ1) is 28.3. The Morgan fingerprint density at radius 3 is 2.42 bits per heavy atom. The number of hydrogen-bond acceptors (Lipinski definition) is 14. The SMILES string of the molecule is C=N/C(=C(C)/C=N\N(c1ccc(F)cc1F)N(C)CCl)N1CC2CC1C(O)N(C)CC(OC)Cn1c(C)nc3ccnc(c31)-c1cccc(n1)N2.CC.CC.CN(C)N. The van der Waals surface area contributed by atoms with E-state index in [1.807, 2.05) is 75.7 Å². The van der Waals surface area contributed by atoms with Gasteiger partial charge in [0.05, 0.1) is 47.6 Å². The number of rotatable bonds is 8. The number of anilines is 2. The van der Waals surface area contributed by atoms with E-state index in [2.05, 4.69) is 26.7 Å². The molecular formula is C41H62ClF2N13O2. The van der Waals surface area contributed by atoms with Crippen LogP contribution in [0.4, 0.5) is 20.3 Å². The Morgan fingerprint density at radius 2 is 1.80 bits per heavy atom. The van der Waals surface area contributed by atoms with Gasteiger partial charge in [-0.15, -0.1) is 11.6 Å². The fraction of sp³-hybridized carbons (Fsp3) is 0.488. The van der Waals surface area contributed by atoms with Gasteiger partial charge in [0.1, 0.15) is 40.9 Å². The Morgan fingerprint density at radius 1 is 1.10 bits per heavy atom. The summed E-state index contributed by atoms with van der Waals surface area (Å²) in [5.74, 6) is 5.39. The summed E-state index contributed by atoms with van der Waals surface area (Å²) in [5.41, 5.74) is 3.70. The standard InChI is InChI=1S/C35H42ClF2N11O2.C2H8N2.2C2H6/c1-21(16-41-49(46(5)20-36)29-11-10-23(37)14-26(29)38)34(39-3)48-17-24-15-30(48)35(50)45(4)18-25(51-6)19-47-22(2)42-28-12-13-40-32(33(28)47)27-8-7-9-31(43-24)44-27;1-4(2)3;2*1-2/h7-14,16,24-25,30,35,50H,3,15,17-20H2,1-2,4-6H3,(H,43,44);3H2,1-2H3;2*1-2H3/b34-21-,41-16-;;;. The highest BCUT2D eigenvalue weighted by atomic mass is 35.5. The molecule has 4 unspecified atom stereocenters. The van der Waals surface area contributed by atoms with E-state index in [-0.39, 0.29) is 23.8 Å². The van der Waals surface area contributed by atoms with E-state index in [9.17, 15) is 13.9 Å². The minimum absolute atomic E-state index is 0.0112. The molecule has 2 aliphatic heterocycles. The van der Waals surface area contributed by atoms with Crippen molar-refractivity contribution < 1.29 is 18.6 Å². The molecule has 15 nitrogen and oxygen atoms in total. The maximum atomic E-state index is 14.8. The highest BCUT2D eigenvalue weighted by molar-refractivity contribution is 6.17. The molecule has 18 heteroatoms. The van der Waals surface area contributed by atoms with E-state index in [1.54, 1.807) is 41.4 Å². The molecule has 324 valence electrons. The Bertz CT molecular complexity index is 2010. The number of aryl methyl sites for hydroxylation is 1. The second-order valence-electron chi connectivity index (χ2n) is 13.7. The molecule has 3 aromatic heterocycles. The zero-order valence-corrected chi connectivity index (χ0v) is 37.0. The molecule has 1 saturated heterocycles. The Labute approximate surface area is 352 Å². The van der Waals surface area contributed by atoms with Gasteiger partial charge in [-0.3, -0.25) is 20.7 Å². The molecule has 0 spiro atoms. The number of methoxy groups -OCH3 is 1. The van der Waals surface area contributed by atoms with Crippen LogP contribution >= 0.6 is 11.6 Å². The third-order valence-electron chi connectivity index (χ3n) is 9.30. The lowest BCUT2D eigenvalue weighted by molar-refractivity contribution is -0.0550. The summed E-state index contributed by atoms with van der Waals surface area (Å²) in [4.78, 5) is 22.8. The number of aliphatic hydroxyl groups excluding tert-OH is 1. The van der Waals surface area contributed by atoms with Crippen molar-refractivity contribution in [1.82, 2.24) is 39.3 Å². The van der Waals surface area contributed by atoms with Crippen LogP contribution in [-0.4, -0.2) is 136 Å². The van der Waals surface area contributed by atoms with Crippen LogP contribution in [0.3, 0.4) is 0 Å². The minimum atomic E-state index is -0.939. The lowest BCUT2D eigenvalue weighted by Crippen LogP contribution is -2.50. The number of hydrazine groups is 2. The number of aliphatic hydroxyl groups is 1. The van der Waals surface area contributed by atoms with Gasteiger partial charge in [-0.1, -0.05) is 33.8 Å². The van der Waals surface area contributed by atoms with Gasteiger partial charge in [-0.25, -0.2) is 23.7 Å². The van der Waals surface area contributed by atoms with Crippen LogP contribution in [0.5, 0.6) is 0 Å². The molecule has 4 bridgehead atoms. The summed E-state index contributed by atoms with van der Waals surface area (Å²) in [6.07, 6.45) is 2.55. The molecule has 5 heterocycles. The van der Waals surface area contributed by atoms with E-state index in [0.29, 0.717) is 54.7 Å². The number of nitrogens with one attached hydrogen (secondary N) is 1. The van der Waals surface area contributed by atoms with Crippen LogP contribution in [0.2, 0.25) is 0 Å². The second-order valence-corrected chi connectivity index (χ2v) is 14.0. The van der Waals surface area contributed by atoms with Gasteiger partial charge < -0.3 is 24.6 Å². The third kappa shape index (κ3) is 12.2. The van der Waals surface area contributed by atoms with E-state index in [4.69, 9.17) is 37.1 Å². The van der Waals surface area contributed by atoms with Crippen molar-refractivity contribution in [2.75, 3.05) is 64.8 Å². The van der Waals surface area contributed by atoms with E-state index < -0.39 is 23.9 Å². The molecule has 4 aromatic rings. The first-order valence-corrected chi connectivity index (χ1v) is 20.2. The van der Waals surface area contributed by atoms with E-state index >= 15 is 0 Å². The lowest BCUT2D eigenvalue weighted by atomic mass is 10.1. The molecule has 59 heavy (non-hydrogen) atoms. The van der Waals surface area contributed by atoms with E-state index in [0.717, 1.165) is 29.0 Å². The molecule has 0 aliphatic carbocycles. The number of likely N-dealkylation sites (N-methyl/N-ethyl adjacent to an activating group) is 1. The number of hydrazone groups is 1. The lowest BCUT2D eigenvalue weighted by Gasteiger charge is -2.36. The summed E-state index contributed by atoms with van der Waals surface area (Å²) in [7, 11) is 8.70. The van der Waals surface area contributed by atoms with Gasteiger partial charge >= 0.3 is 0 Å². The van der Waals surface area contributed by atoms with Gasteiger partial charge in [-0.05, 0) is 64.4 Å². The number of halogens is 3. The van der Waals surface area contributed by atoms with Gasteiger partial charge in [-0.2, -0.15) is 15.2 Å². The molecule has 0 amide bonds. The van der Waals surface area contributed by atoms with Gasteiger partial charge in [0, 0.05) is 65.2 Å². The number of pyridine rings is 2. The van der Waals surface area contributed by atoms with Crippen molar-refractivity contribution in [3.63, 3.8) is 0 Å². The van der Waals surface area contributed by atoms with Crippen LogP contribution in [0, 0.1) is 18.6 Å². The molecule has 6 rings (SSSR count). The monoisotopic (exact) mass is 841 g/mol. The van der Waals surface area contributed by atoms with Crippen molar-refractivity contribution >= 4 is 47.1 Å². The summed E-state index contributed by atoms with van der Waals surface area (Å²) >= 11 is 6.09. The van der Waals surface area contributed by atoms with Crippen molar-refractivity contribution in [1.29, 1.82) is 0 Å². The van der Waals surface area contributed by atoms with Crippen LogP contribution < -0.4 is 16.3 Å². The normalized spacial score (nSPS) is 19.7. The number of imidazole rings is 1. The van der Waals surface area contributed by atoms with Crippen LogP contribution in [0.1, 0.15) is 46.9 Å². The number of nitrogens with zero attached hydrogens (tertiary/aromatic N) is 11. The Balaban J connectivity index is 0.00000108. The topological polar surface area (TPSA) is 152 Å². The second kappa shape index (κ2) is 23.2. The van der Waals surface area contributed by atoms with Crippen molar-refractivity contribution in [3.8, 4) is 11.4 Å². The fourth-order valence-electron chi connectivity index (χ4n) is 6.76. The molecule has 4 atom stereocenters. The number of hydrogen-bond donors (Lipinski definition) is 3. The number of aliphatic imine (C=N–C) groups is 1. The molecule has 2 aliphatic rings. The number of alkyl halides is 1. The highest BCUT2D eigenvalue weighted by Gasteiger charge is 2.40. The van der Waals surface area contributed by atoms with Crippen molar-refractivity contribution in [2.45, 2.75) is 78.9 Å². The maximum absolute atomic E-state index is 14.8. The molecule has 4 N–H and O–H groups in total. The summed E-state index contributed by atoms with van der Waals surface area (Å²) in [6.45, 7) is 17.0. The number of likely N-dealkylation sites (tertiary alicyclic amines) is 1. The van der Waals surface area contributed by atoms with Crippen LogP contribution in [0.15, 0.2) is 70.1 Å². The molecule has 1 aromatic carbocycles. The Hall–Kier alpha value is -4.62. The maximum Gasteiger partial charge on any atom is 0.153 e. The fourth-order valence-corrected chi connectivity index (χ4v) is 6.86. The number of nitrogens with two attached hydrogens (primary N) is 1. The largest absolute Gasteiger partial charge is 0.378 e. The highest BCUT2D eigenvalue weighted by Crippen LogP contribution is 2.32. The number of aromatic nitrogens is 4. The average molecular weight is 842 g/mol. The zero-order chi connectivity index (χ0) is 44.0. The van der Waals surface area contributed by atoms with Crippen LogP contribution in [0.25, 0.3) is 22.4 Å². The predicted molar refractivity (Wildman–Crippen MR) is 236 cm³/mol. The summed E-state index contributed by atoms with van der Waals surface area (Å²) < 4.78 is 36.6. The minimum Gasteiger partial charge on any atom is -0.378 e. The first-order valence-electron chi connectivity index (χ1n) is 19.7. The van der Waals surface area contributed by atoms with Gasteiger partial charge in [0.25, 0.3) is 0 Å². The van der Waals surface area contributed by atoms with E-state index in [1.165, 1.54) is 27.4 Å². The summed E-state index contributed by atoms with van der Waals surface area (Å²) in [6, 6.07) is 10.3. The quantitative estimate of drug-likeness (QED) is 0.0614. The third-order valence-corrected chi connectivity index (χ3v) is 9.64. The van der Waals surface area contributed by atoms with Gasteiger partial charge in [0.15, 0.2) is 5.82 Å². The van der Waals surface area contributed by atoms with Crippen molar-refractivity contribution in [3.05, 3.63) is 77.5 Å². The molecule has 1 fully saturated rings. The number of ether oxygens (including phenoxy) is 1. The molecular weight excluding hydrogens is 780 g/mol. The summed E-state index contributed by atoms with van der Waals surface area (Å²) in [5, 5.41) is 24.2. The predicted octanol–water partition coefficient (Wildman–Crippen LogP) is 6.16. The molecule has 0 radical (unpaired) electrons. The van der Waals surface area contributed by atoms with Crippen LogP contribution in [-0.2, 0) is 11.3 Å². The first kappa shape index (κ1) is 48.7. The zero-order valence-electron chi connectivity index (χ0n) is 36.2. The van der Waals surface area contributed by atoms with Crippen molar-refractivity contribution in [2.24, 2.45) is 15.9 Å². The molecule has 0 saturated carbocycles. The number of fused-ring (bicyclic) bond motifs is 5. The average Bonchev–Trinajstić information content (AvgIpc) is 3.78.